The molecule has 4 aromatic rings. The van der Waals surface area contributed by atoms with Gasteiger partial charge in [-0.05, 0) is 95.4 Å². The summed E-state index contributed by atoms with van der Waals surface area (Å²) < 4.78 is 74.9. The molecule has 3 N–H and O–H groups in total. The topological polar surface area (TPSA) is 301 Å². The number of esters is 2. The second kappa shape index (κ2) is 20.7. The molecule has 0 saturated carbocycles. The SMILES string of the molecule is COC(=O)c1ccc(I)cc1S(=O)(=O)NC(=O)Nc1nc(C)nc(OC)n1.COC(=O)c1ccc(I)cc1S(=O)(=O)[N-]C(=O)Nc1nc(C)nc(OC)n1.[Na+]. The van der Waals surface area contributed by atoms with Gasteiger partial charge in [0.05, 0.1) is 44.5 Å². The summed E-state index contributed by atoms with van der Waals surface area (Å²) in [5.41, 5.74) is -0.456. The van der Waals surface area contributed by atoms with Gasteiger partial charge >= 0.3 is 59.5 Å². The minimum atomic E-state index is -4.51. The maximum absolute atomic E-state index is 12.6. The van der Waals surface area contributed by atoms with Gasteiger partial charge in [-0.25, -0.2) is 40.9 Å². The van der Waals surface area contributed by atoms with Crippen molar-refractivity contribution in [3.05, 3.63) is 71.0 Å². The van der Waals surface area contributed by atoms with Crippen molar-refractivity contribution in [3.63, 3.8) is 0 Å². The smallest absolute Gasteiger partial charge is 0.467 e. The van der Waals surface area contributed by atoms with Crippen LogP contribution in [0.1, 0.15) is 32.4 Å². The first kappa shape index (κ1) is 47.1. The molecule has 27 heteroatoms. The fourth-order valence-electron chi connectivity index (χ4n) is 3.78. The Kier molecular flexibility index (Phi) is 17.7. The van der Waals surface area contributed by atoms with Gasteiger partial charge in [-0.15, -0.1) is 0 Å². The van der Waals surface area contributed by atoms with Crippen molar-refractivity contribution >= 4 is 101 Å². The Morgan fingerprint density at radius 3 is 1.55 bits per heavy atom. The van der Waals surface area contributed by atoms with Crippen LogP contribution >= 0.6 is 45.2 Å². The molecule has 0 aliphatic carbocycles. The number of rotatable bonds is 10. The number of halogens is 2. The number of benzene rings is 2. The number of hydrogen-bond acceptors (Lipinski definition) is 18. The van der Waals surface area contributed by atoms with Gasteiger partial charge in [-0.1, -0.05) is 0 Å². The zero-order valence-corrected chi connectivity index (χ0v) is 37.5. The monoisotopic (exact) mass is 1040 g/mol. The van der Waals surface area contributed by atoms with Crippen LogP contribution in [0.5, 0.6) is 12.0 Å². The van der Waals surface area contributed by atoms with E-state index in [4.69, 9.17) is 9.47 Å². The van der Waals surface area contributed by atoms with Gasteiger partial charge < -0.3 is 29.0 Å². The summed E-state index contributed by atoms with van der Waals surface area (Å²) >= 11 is 3.74. The van der Waals surface area contributed by atoms with Crippen LogP contribution < -0.4 is 54.4 Å². The van der Waals surface area contributed by atoms with Crippen molar-refractivity contribution in [1.29, 1.82) is 0 Å². The average molecular weight is 1040 g/mol. The first-order chi connectivity index (χ1) is 25.3. The van der Waals surface area contributed by atoms with Crippen LogP contribution in [0.15, 0.2) is 46.2 Å². The number of aromatic nitrogens is 6. The molecule has 22 nitrogen and oxygen atoms in total. The van der Waals surface area contributed by atoms with E-state index in [9.17, 15) is 36.0 Å². The van der Waals surface area contributed by atoms with E-state index in [2.05, 4.69) is 54.7 Å². The second-order valence-electron chi connectivity index (χ2n) is 9.71. The zero-order chi connectivity index (χ0) is 40.4. The van der Waals surface area contributed by atoms with E-state index in [0.29, 0.717) is 7.14 Å². The molecule has 288 valence electrons. The predicted molar refractivity (Wildman–Crippen MR) is 202 cm³/mol. The third-order valence-electron chi connectivity index (χ3n) is 5.96. The minimum Gasteiger partial charge on any atom is -0.467 e. The molecule has 0 aliphatic heterocycles. The second-order valence-corrected chi connectivity index (χ2v) is 15.4. The molecule has 0 fully saturated rings. The molecule has 0 atom stereocenters. The molecule has 4 amide bonds. The van der Waals surface area contributed by atoms with E-state index in [1.807, 2.05) is 45.2 Å². The van der Waals surface area contributed by atoms with Crippen molar-refractivity contribution in [3.8, 4) is 12.0 Å². The number of amides is 4. The van der Waals surface area contributed by atoms with Crippen molar-refractivity contribution in [2.75, 3.05) is 39.1 Å². The molecule has 0 bridgehead atoms. The number of ether oxygens (including phenoxy) is 4. The van der Waals surface area contributed by atoms with Crippen LogP contribution in [0.3, 0.4) is 0 Å². The van der Waals surface area contributed by atoms with Crippen LogP contribution in [0, 0.1) is 21.0 Å². The van der Waals surface area contributed by atoms with Crippen molar-refractivity contribution in [2.24, 2.45) is 0 Å². The maximum Gasteiger partial charge on any atom is 1.00 e. The summed E-state index contributed by atoms with van der Waals surface area (Å²) in [6.07, 6.45) is 0. The summed E-state index contributed by atoms with van der Waals surface area (Å²) in [6, 6.07) is 5.56. The standard InChI is InChI=1S/2C14H14IN5O6S.Na/c2*1-7-16-12(19-14(17-7)26-3)18-13(22)20-27(23,24)10-6-8(15)4-5-9(10)11(21)25-2;/h2*4-6H,1-3H3,(H2,16,17,18,19,20,22);/q;;+1/p-1. The van der Waals surface area contributed by atoms with E-state index < -0.39 is 53.8 Å². The molecule has 0 aliphatic rings. The fraction of sp³-hybridized carbons (Fsp3) is 0.214. The summed E-state index contributed by atoms with van der Waals surface area (Å²) in [5.74, 6) is -1.68. The van der Waals surface area contributed by atoms with E-state index in [1.54, 1.807) is 11.6 Å². The van der Waals surface area contributed by atoms with Gasteiger partial charge in [-0.2, -0.15) is 24.9 Å². The number of aryl methyl sites for hydroxylation is 2. The molecule has 0 saturated heterocycles. The van der Waals surface area contributed by atoms with E-state index >= 15 is 0 Å². The summed E-state index contributed by atoms with van der Waals surface area (Å²) in [5, 5.41) is 4.29. The van der Waals surface area contributed by atoms with Crippen LogP contribution in [0.25, 0.3) is 4.72 Å². The minimum absolute atomic E-state index is 0. The first-order valence-corrected chi connectivity index (χ1v) is 19.3. The van der Waals surface area contributed by atoms with E-state index in [-0.39, 0.29) is 76.3 Å². The maximum atomic E-state index is 12.6. The number of carbonyl (C=O) groups excluding carboxylic acids is 4. The Bertz CT molecular complexity index is 2160. The molecule has 0 unspecified atom stereocenters. The molecule has 2 aromatic carbocycles. The van der Waals surface area contributed by atoms with Crippen LogP contribution in [0.4, 0.5) is 21.5 Å². The van der Waals surface area contributed by atoms with Gasteiger partial charge in [0.15, 0.2) is 12.0 Å². The average Bonchev–Trinajstić information content (AvgIpc) is 3.10. The quantitative estimate of drug-likeness (QED) is 0.107. The molecule has 55 heavy (non-hydrogen) atoms. The first-order valence-electron chi connectivity index (χ1n) is 14.2. The summed E-state index contributed by atoms with van der Waals surface area (Å²) in [6.45, 7) is 3.07. The molecular weight excluding hydrogens is 1010 g/mol. The molecule has 2 heterocycles. The number of nitrogens with one attached hydrogen (secondary N) is 3. The summed E-state index contributed by atoms with van der Waals surface area (Å²) in [7, 11) is -4.02. The van der Waals surface area contributed by atoms with Crippen molar-refractivity contribution < 1.29 is 84.5 Å². The number of methoxy groups -OCH3 is 4. The molecule has 2 aromatic heterocycles. The fourth-order valence-corrected chi connectivity index (χ4v) is 7.38. The predicted octanol–water partition coefficient (Wildman–Crippen LogP) is -0.0315. The number of carbonyl (C=O) groups is 4. The van der Waals surface area contributed by atoms with Crippen LogP contribution in [0.2, 0.25) is 0 Å². The van der Waals surface area contributed by atoms with Crippen molar-refractivity contribution in [2.45, 2.75) is 23.6 Å². The Hall–Kier alpha value is -4.10. The Morgan fingerprint density at radius 1 is 0.655 bits per heavy atom. The number of hydrogen-bond donors (Lipinski definition) is 3. The molecular formula is C28H27I2N10NaO12S2. The number of urea groups is 2. The third-order valence-corrected chi connectivity index (χ3v) is 9.97. The largest absolute Gasteiger partial charge is 1.00 e. The van der Waals surface area contributed by atoms with E-state index in [0.717, 1.165) is 14.2 Å². The number of anilines is 2. The number of sulfonamides is 2. The normalized spacial score (nSPS) is 10.6. The zero-order valence-electron chi connectivity index (χ0n) is 29.6. The van der Waals surface area contributed by atoms with Gasteiger partial charge in [-0.3, -0.25) is 10.1 Å². The van der Waals surface area contributed by atoms with Crippen LogP contribution in [-0.2, 0) is 29.5 Å². The Morgan fingerprint density at radius 2 is 1.09 bits per heavy atom. The van der Waals surface area contributed by atoms with Gasteiger partial charge in [0.1, 0.15) is 16.5 Å². The molecule has 0 spiro atoms. The van der Waals surface area contributed by atoms with Gasteiger partial charge in [0.25, 0.3) is 10.0 Å². The number of nitrogens with zero attached hydrogens (tertiary/aromatic N) is 7. The van der Waals surface area contributed by atoms with Crippen LogP contribution in [-0.4, -0.2) is 99.2 Å². The Labute approximate surface area is 362 Å². The molecule has 0 radical (unpaired) electrons. The summed E-state index contributed by atoms with van der Waals surface area (Å²) in [4.78, 5) is 69.8. The van der Waals surface area contributed by atoms with E-state index in [1.165, 1.54) is 57.5 Å². The Balaban J connectivity index is 0.000000373. The third kappa shape index (κ3) is 13.6. The van der Waals surface area contributed by atoms with Crippen molar-refractivity contribution in [1.82, 2.24) is 34.6 Å². The van der Waals surface area contributed by atoms with Gasteiger partial charge in [0, 0.05) is 7.14 Å². The van der Waals surface area contributed by atoms with Gasteiger partial charge in [0.2, 0.25) is 16.0 Å². The molecule has 4 rings (SSSR count).